The number of thioether (sulfide) groups is 1. The van der Waals surface area contributed by atoms with E-state index in [1.807, 2.05) is 61.9 Å². The molecule has 0 aliphatic rings. The Bertz CT molecular complexity index is 945. The molecule has 138 valence electrons. The van der Waals surface area contributed by atoms with Crippen LogP contribution in [0.1, 0.15) is 34.0 Å². The number of hydrogen-bond donors (Lipinski definition) is 1. The van der Waals surface area contributed by atoms with Gasteiger partial charge in [-0.25, -0.2) is 5.43 Å². The fraction of sp³-hybridized carbons (Fsp3) is 0.200. The standard InChI is InChI=1S/C20H21N5OS/c1-14-4-8-17(9-5-14)15(2)22-23-19(26)18-10-6-16(7-11-18)12-27-20-24-21-13-25(20)3/h4-11,13H,12H2,1-3H3,(H,23,26)/b22-15-. The van der Waals surface area contributed by atoms with Crippen LogP contribution in [0.5, 0.6) is 0 Å². The molecule has 1 aromatic heterocycles. The van der Waals surface area contributed by atoms with E-state index < -0.39 is 0 Å². The Morgan fingerprint density at radius 2 is 1.78 bits per heavy atom. The van der Waals surface area contributed by atoms with E-state index in [0.29, 0.717) is 5.56 Å². The van der Waals surface area contributed by atoms with Gasteiger partial charge in [-0.1, -0.05) is 53.7 Å². The van der Waals surface area contributed by atoms with Gasteiger partial charge in [0, 0.05) is 18.4 Å². The van der Waals surface area contributed by atoms with E-state index in [4.69, 9.17) is 0 Å². The molecule has 0 saturated heterocycles. The lowest BCUT2D eigenvalue weighted by molar-refractivity contribution is 0.0955. The van der Waals surface area contributed by atoms with Gasteiger partial charge in [-0.05, 0) is 37.1 Å². The Kier molecular flexibility index (Phi) is 6.03. The average molecular weight is 379 g/mol. The topological polar surface area (TPSA) is 72.2 Å². The normalized spacial score (nSPS) is 11.4. The number of aromatic nitrogens is 3. The molecule has 0 aliphatic carbocycles. The lowest BCUT2D eigenvalue weighted by Gasteiger charge is -2.05. The Morgan fingerprint density at radius 1 is 1.11 bits per heavy atom. The van der Waals surface area contributed by atoms with Crippen molar-refractivity contribution in [3.05, 3.63) is 77.1 Å². The van der Waals surface area contributed by atoms with Crippen LogP contribution in [-0.2, 0) is 12.8 Å². The van der Waals surface area contributed by atoms with Crippen LogP contribution in [0, 0.1) is 6.92 Å². The van der Waals surface area contributed by atoms with E-state index in [0.717, 1.165) is 27.7 Å². The molecule has 0 fully saturated rings. The monoisotopic (exact) mass is 379 g/mol. The van der Waals surface area contributed by atoms with Gasteiger partial charge in [-0.15, -0.1) is 10.2 Å². The molecule has 0 saturated carbocycles. The number of rotatable bonds is 6. The third kappa shape index (κ3) is 5.04. The maximum absolute atomic E-state index is 12.3. The highest BCUT2D eigenvalue weighted by Crippen LogP contribution is 2.20. The fourth-order valence-electron chi connectivity index (χ4n) is 2.36. The zero-order chi connectivity index (χ0) is 19.2. The van der Waals surface area contributed by atoms with Gasteiger partial charge in [-0.3, -0.25) is 4.79 Å². The van der Waals surface area contributed by atoms with Crippen LogP contribution in [0.25, 0.3) is 0 Å². The van der Waals surface area contributed by atoms with Gasteiger partial charge in [-0.2, -0.15) is 5.10 Å². The van der Waals surface area contributed by atoms with E-state index in [1.165, 1.54) is 5.56 Å². The highest BCUT2D eigenvalue weighted by atomic mass is 32.2. The fourth-order valence-corrected chi connectivity index (χ4v) is 3.21. The number of hydrazone groups is 1. The molecule has 3 aromatic rings. The summed E-state index contributed by atoms with van der Waals surface area (Å²) in [6.07, 6.45) is 1.68. The summed E-state index contributed by atoms with van der Waals surface area (Å²) in [5.74, 6) is 0.535. The van der Waals surface area contributed by atoms with Crippen molar-refractivity contribution < 1.29 is 4.79 Å². The quantitative estimate of drug-likeness (QED) is 0.404. The summed E-state index contributed by atoms with van der Waals surface area (Å²) in [6, 6.07) is 15.5. The van der Waals surface area contributed by atoms with Crippen LogP contribution in [0.3, 0.4) is 0 Å². The SMILES string of the molecule is C/C(=N/NC(=O)c1ccc(CSc2nncn2C)cc1)c1ccc(C)cc1. The number of hydrogen-bond acceptors (Lipinski definition) is 5. The van der Waals surface area contributed by atoms with Crippen LogP contribution in [-0.4, -0.2) is 26.4 Å². The van der Waals surface area contributed by atoms with E-state index in [1.54, 1.807) is 30.2 Å². The van der Waals surface area contributed by atoms with Crippen molar-refractivity contribution in [3.8, 4) is 0 Å². The Morgan fingerprint density at radius 3 is 2.41 bits per heavy atom. The molecule has 6 nitrogen and oxygen atoms in total. The number of nitrogens with zero attached hydrogens (tertiary/aromatic N) is 4. The Hall–Kier alpha value is -2.93. The van der Waals surface area contributed by atoms with Gasteiger partial charge < -0.3 is 4.57 Å². The van der Waals surface area contributed by atoms with Crippen molar-refractivity contribution in [2.45, 2.75) is 24.8 Å². The molecule has 2 aromatic carbocycles. The predicted octanol–water partition coefficient (Wildman–Crippen LogP) is 3.57. The van der Waals surface area contributed by atoms with Crippen molar-refractivity contribution in [3.63, 3.8) is 0 Å². The van der Waals surface area contributed by atoms with Crippen LogP contribution in [0.15, 0.2) is 65.1 Å². The summed E-state index contributed by atoms with van der Waals surface area (Å²) < 4.78 is 1.88. The average Bonchev–Trinajstić information content (AvgIpc) is 3.10. The van der Waals surface area contributed by atoms with Crippen molar-refractivity contribution in [2.75, 3.05) is 0 Å². The van der Waals surface area contributed by atoms with E-state index >= 15 is 0 Å². The molecule has 27 heavy (non-hydrogen) atoms. The van der Waals surface area contributed by atoms with Gasteiger partial charge in [0.1, 0.15) is 6.33 Å². The number of nitrogens with one attached hydrogen (secondary N) is 1. The van der Waals surface area contributed by atoms with Crippen LogP contribution < -0.4 is 5.43 Å². The first-order valence-corrected chi connectivity index (χ1v) is 9.49. The first-order valence-electron chi connectivity index (χ1n) is 8.50. The highest BCUT2D eigenvalue weighted by Gasteiger charge is 2.07. The number of benzene rings is 2. The number of aryl methyl sites for hydroxylation is 2. The largest absolute Gasteiger partial charge is 0.312 e. The Labute approximate surface area is 162 Å². The zero-order valence-electron chi connectivity index (χ0n) is 15.5. The minimum Gasteiger partial charge on any atom is -0.312 e. The molecule has 0 spiro atoms. The molecule has 0 atom stereocenters. The Balaban J connectivity index is 1.57. The van der Waals surface area contributed by atoms with Gasteiger partial charge >= 0.3 is 0 Å². The summed E-state index contributed by atoms with van der Waals surface area (Å²) in [7, 11) is 1.91. The van der Waals surface area contributed by atoms with E-state index in [9.17, 15) is 4.79 Å². The molecular weight excluding hydrogens is 358 g/mol. The van der Waals surface area contributed by atoms with E-state index in [-0.39, 0.29) is 5.91 Å². The maximum Gasteiger partial charge on any atom is 0.271 e. The van der Waals surface area contributed by atoms with Gasteiger partial charge in [0.15, 0.2) is 5.16 Å². The van der Waals surface area contributed by atoms with Crippen molar-refractivity contribution >= 4 is 23.4 Å². The number of carbonyl (C=O) groups excluding carboxylic acids is 1. The summed E-state index contributed by atoms with van der Waals surface area (Å²) in [5, 5.41) is 13.0. The summed E-state index contributed by atoms with van der Waals surface area (Å²) >= 11 is 1.60. The van der Waals surface area contributed by atoms with Crippen LogP contribution in [0.2, 0.25) is 0 Å². The van der Waals surface area contributed by atoms with Crippen LogP contribution >= 0.6 is 11.8 Å². The summed E-state index contributed by atoms with van der Waals surface area (Å²) in [6.45, 7) is 3.91. The maximum atomic E-state index is 12.3. The minimum absolute atomic E-state index is 0.228. The van der Waals surface area contributed by atoms with E-state index in [2.05, 4.69) is 20.7 Å². The lowest BCUT2D eigenvalue weighted by Crippen LogP contribution is -2.19. The minimum atomic E-state index is -0.228. The smallest absolute Gasteiger partial charge is 0.271 e. The predicted molar refractivity (Wildman–Crippen MR) is 108 cm³/mol. The second-order valence-corrected chi connectivity index (χ2v) is 7.16. The highest BCUT2D eigenvalue weighted by molar-refractivity contribution is 7.98. The van der Waals surface area contributed by atoms with Crippen molar-refractivity contribution in [2.24, 2.45) is 12.1 Å². The molecule has 1 N–H and O–H groups in total. The van der Waals surface area contributed by atoms with Crippen molar-refractivity contribution in [1.82, 2.24) is 20.2 Å². The number of amides is 1. The second-order valence-electron chi connectivity index (χ2n) is 6.21. The first kappa shape index (κ1) is 18.8. The lowest BCUT2D eigenvalue weighted by atomic mass is 10.1. The van der Waals surface area contributed by atoms with Crippen molar-refractivity contribution in [1.29, 1.82) is 0 Å². The third-order valence-electron chi connectivity index (χ3n) is 4.05. The van der Waals surface area contributed by atoms with Crippen LogP contribution in [0.4, 0.5) is 0 Å². The molecule has 7 heteroatoms. The zero-order valence-corrected chi connectivity index (χ0v) is 16.3. The van der Waals surface area contributed by atoms with Gasteiger partial charge in [0.25, 0.3) is 5.91 Å². The third-order valence-corrected chi connectivity index (χ3v) is 5.15. The molecule has 0 bridgehead atoms. The second kappa shape index (κ2) is 8.64. The van der Waals surface area contributed by atoms with Gasteiger partial charge in [0.2, 0.25) is 0 Å². The number of carbonyl (C=O) groups is 1. The molecule has 0 unspecified atom stereocenters. The first-order chi connectivity index (χ1) is 13.0. The molecule has 1 amide bonds. The molecule has 0 radical (unpaired) electrons. The molecule has 3 rings (SSSR count). The van der Waals surface area contributed by atoms with Gasteiger partial charge in [0.05, 0.1) is 5.71 Å². The summed E-state index contributed by atoms with van der Waals surface area (Å²) in [5.41, 5.74) is 7.23. The molecule has 1 heterocycles. The molecule has 0 aliphatic heterocycles. The molecular formula is C20H21N5OS. The summed E-state index contributed by atoms with van der Waals surface area (Å²) in [4.78, 5) is 12.3.